The zero-order valence-electron chi connectivity index (χ0n) is 15.9. The zero-order valence-corrected chi connectivity index (χ0v) is 15.9. The van der Waals surface area contributed by atoms with E-state index in [9.17, 15) is 0 Å². The van der Waals surface area contributed by atoms with Crippen LogP contribution in [-0.4, -0.2) is 47.5 Å². The number of piperazine rings is 1. The van der Waals surface area contributed by atoms with Crippen LogP contribution in [0, 0.1) is 0 Å². The highest BCUT2D eigenvalue weighted by atomic mass is 16.5. The van der Waals surface area contributed by atoms with E-state index in [0.717, 1.165) is 37.7 Å². The lowest BCUT2D eigenvalue weighted by Crippen LogP contribution is -3.27. The van der Waals surface area contributed by atoms with Gasteiger partial charge in [-0.25, -0.2) is 4.98 Å². The molecule has 0 unspecified atom stereocenters. The molecule has 26 heavy (non-hydrogen) atoms. The van der Waals surface area contributed by atoms with E-state index in [1.54, 1.807) is 31.1 Å². The predicted molar refractivity (Wildman–Crippen MR) is 97.9 cm³/mol. The summed E-state index contributed by atoms with van der Waals surface area (Å²) in [6.07, 6.45) is 4.00. The third-order valence-electron chi connectivity index (χ3n) is 5.13. The lowest BCUT2D eigenvalue weighted by molar-refractivity contribution is -1.02. The minimum absolute atomic E-state index is 0.706. The quantitative estimate of drug-likeness (QED) is 0.667. The Balaban J connectivity index is 1.60. The van der Waals surface area contributed by atoms with Crippen molar-refractivity contribution in [3.8, 4) is 17.2 Å². The number of hydrogen-bond donors (Lipinski definition) is 2. The van der Waals surface area contributed by atoms with Gasteiger partial charge in [0.15, 0.2) is 23.9 Å². The molecular weight excluding hydrogens is 330 g/mol. The lowest BCUT2D eigenvalue weighted by atomic mass is 10.1. The zero-order chi connectivity index (χ0) is 18.4. The molecule has 1 aromatic heterocycles. The molecule has 3 N–H and O–H groups in total. The van der Waals surface area contributed by atoms with Crippen LogP contribution in [0.25, 0.3) is 0 Å². The Morgan fingerprint density at radius 2 is 1.31 bits per heavy atom. The maximum atomic E-state index is 5.57. The third-order valence-corrected chi connectivity index (χ3v) is 5.13. The highest BCUT2D eigenvalue weighted by Gasteiger charge is 2.25. The highest BCUT2D eigenvalue weighted by molar-refractivity contribution is 5.50. The Labute approximate surface area is 155 Å². The SMILES string of the molecule is COc1cc(OC)c(OC)cc1C[NH+]1CC[NH+](Cc2cc[nH+]cc2)CC1. The topological polar surface area (TPSA) is 50.7 Å². The molecule has 0 aliphatic carbocycles. The minimum Gasteiger partial charge on any atom is -0.496 e. The molecule has 0 amide bonds. The lowest BCUT2D eigenvalue weighted by Gasteiger charge is -2.30. The number of ether oxygens (including phenoxy) is 3. The fourth-order valence-corrected chi connectivity index (χ4v) is 3.64. The molecule has 1 aliphatic rings. The first-order chi connectivity index (χ1) is 12.7. The fraction of sp³-hybridized carbons (Fsp3) is 0.450. The van der Waals surface area contributed by atoms with Crippen molar-refractivity contribution < 1.29 is 29.0 Å². The van der Waals surface area contributed by atoms with Crippen LogP contribution in [0.5, 0.6) is 17.2 Å². The summed E-state index contributed by atoms with van der Waals surface area (Å²) in [4.78, 5) is 6.32. The summed E-state index contributed by atoms with van der Waals surface area (Å²) >= 11 is 0. The van der Waals surface area contributed by atoms with Gasteiger partial charge < -0.3 is 24.0 Å². The van der Waals surface area contributed by atoms with E-state index in [1.165, 1.54) is 24.2 Å². The van der Waals surface area contributed by atoms with Gasteiger partial charge in [0.2, 0.25) is 0 Å². The van der Waals surface area contributed by atoms with Crippen LogP contribution in [0.4, 0.5) is 0 Å². The maximum Gasteiger partial charge on any atom is 0.167 e. The second-order valence-electron chi connectivity index (χ2n) is 6.78. The Hall–Kier alpha value is -2.31. The first-order valence-corrected chi connectivity index (χ1v) is 9.14. The number of hydrogen-bond acceptors (Lipinski definition) is 3. The van der Waals surface area contributed by atoms with E-state index in [2.05, 4.69) is 17.1 Å². The maximum absolute atomic E-state index is 5.57. The molecular formula is C20H30N3O3+3. The van der Waals surface area contributed by atoms with E-state index in [4.69, 9.17) is 14.2 Å². The molecule has 1 aliphatic heterocycles. The van der Waals surface area contributed by atoms with Crippen LogP contribution in [-0.2, 0) is 13.1 Å². The number of H-pyrrole nitrogens is 1. The van der Waals surface area contributed by atoms with Gasteiger partial charge in [0.1, 0.15) is 45.0 Å². The number of rotatable bonds is 7. The van der Waals surface area contributed by atoms with Crippen LogP contribution in [0.3, 0.4) is 0 Å². The molecule has 3 rings (SSSR count). The molecule has 6 heteroatoms. The van der Waals surface area contributed by atoms with Crippen LogP contribution in [0.15, 0.2) is 36.7 Å². The van der Waals surface area contributed by atoms with Gasteiger partial charge >= 0.3 is 0 Å². The number of nitrogens with one attached hydrogen (secondary N) is 3. The minimum atomic E-state index is 0.706. The Morgan fingerprint density at radius 1 is 0.769 bits per heavy atom. The first kappa shape index (κ1) is 18.5. The molecule has 2 aromatic rings. The van der Waals surface area contributed by atoms with Crippen molar-refractivity contribution in [1.82, 2.24) is 0 Å². The predicted octanol–water partition coefficient (Wildman–Crippen LogP) is -0.990. The Kier molecular flexibility index (Phi) is 6.30. The van der Waals surface area contributed by atoms with Crippen molar-refractivity contribution in [2.45, 2.75) is 13.1 Å². The largest absolute Gasteiger partial charge is 0.496 e. The average molecular weight is 360 g/mol. The molecule has 1 aromatic carbocycles. The molecule has 1 saturated heterocycles. The van der Waals surface area contributed by atoms with E-state index in [0.29, 0.717) is 5.75 Å². The molecule has 0 atom stereocenters. The third kappa shape index (κ3) is 4.45. The van der Waals surface area contributed by atoms with Crippen molar-refractivity contribution >= 4 is 0 Å². The molecule has 140 valence electrons. The van der Waals surface area contributed by atoms with Gasteiger partial charge in [0, 0.05) is 23.8 Å². The number of methoxy groups -OCH3 is 3. The summed E-state index contributed by atoms with van der Waals surface area (Å²) in [6.45, 7) is 6.73. The van der Waals surface area contributed by atoms with Crippen molar-refractivity contribution in [3.05, 3.63) is 47.8 Å². The van der Waals surface area contributed by atoms with Gasteiger partial charge in [-0.3, -0.25) is 0 Å². The number of aromatic nitrogens is 1. The summed E-state index contributed by atoms with van der Waals surface area (Å²) in [7, 11) is 5.03. The summed E-state index contributed by atoms with van der Waals surface area (Å²) in [5.41, 5.74) is 2.56. The molecule has 2 heterocycles. The van der Waals surface area contributed by atoms with Gasteiger partial charge in [0.05, 0.1) is 26.9 Å². The van der Waals surface area contributed by atoms with E-state index in [1.807, 2.05) is 24.5 Å². The van der Waals surface area contributed by atoms with Crippen molar-refractivity contribution in [2.24, 2.45) is 0 Å². The second-order valence-corrected chi connectivity index (χ2v) is 6.78. The fourth-order valence-electron chi connectivity index (χ4n) is 3.64. The van der Waals surface area contributed by atoms with Crippen LogP contribution in [0.2, 0.25) is 0 Å². The molecule has 0 saturated carbocycles. The number of quaternary nitrogens is 2. The van der Waals surface area contributed by atoms with Gasteiger partial charge in [-0.1, -0.05) is 0 Å². The van der Waals surface area contributed by atoms with Crippen molar-refractivity contribution in [1.29, 1.82) is 0 Å². The first-order valence-electron chi connectivity index (χ1n) is 9.14. The van der Waals surface area contributed by atoms with Gasteiger partial charge in [0.25, 0.3) is 0 Å². The van der Waals surface area contributed by atoms with Crippen molar-refractivity contribution in [3.63, 3.8) is 0 Å². The van der Waals surface area contributed by atoms with Crippen LogP contribution >= 0.6 is 0 Å². The second kappa shape index (κ2) is 8.87. The highest BCUT2D eigenvalue weighted by Crippen LogP contribution is 2.34. The van der Waals surface area contributed by atoms with Crippen LogP contribution < -0.4 is 29.0 Å². The summed E-state index contributed by atoms with van der Waals surface area (Å²) in [5, 5.41) is 0. The standard InChI is InChI=1S/C20H27N3O3/c1-24-18-13-20(26-3)19(25-2)12-17(18)15-23-10-8-22(9-11-23)14-16-4-6-21-7-5-16/h4-7,12-13H,8-11,14-15H2,1-3H3/p+3. The summed E-state index contributed by atoms with van der Waals surface area (Å²) < 4.78 is 16.4. The van der Waals surface area contributed by atoms with Crippen molar-refractivity contribution in [2.75, 3.05) is 47.5 Å². The van der Waals surface area contributed by atoms with Gasteiger partial charge in [-0.15, -0.1) is 0 Å². The number of benzene rings is 1. The summed E-state index contributed by atoms with van der Waals surface area (Å²) in [6, 6.07) is 8.30. The molecule has 0 bridgehead atoms. The van der Waals surface area contributed by atoms with E-state index >= 15 is 0 Å². The Morgan fingerprint density at radius 3 is 1.88 bits per heavy atom. The number of pyridine rings is 1. The van der Waals surface area contributed by atoms with Crippen LogP contribution in [0.1, 0.15) is 11.1 Å². The Bertz CT molecular complexity index is 701. The molecule has 6 nitrogen and oxygen atoms in total. The van der Waals surface area contributed by atoms with Gasteiger partial charge in [-0.05, 0) is 6.07 Å². The monoisotopic (exact) mass is 360 g/mol. The van der Waals surface area contributed by atoms with E-state index < -0.39 is 0 Å². The smallest absolute Gasteiger partial charge is 0.167 e. The normalized spacial score (nSPS) is 19.8. The average Bonchev–Trinajstić information content (AvgIpc) is 2.70. The van der Waals surface area contributed by atoms with Gasteiger partial charge in [-0.2, -0.15) is 0 Å². The molecule has 0 spiro atoms. The molecule has 0 radical (unpaired) electrons. The van der Waals surface area contributed by atoms with E-state index in [-0.39, 0.29) is 0 Å². The summed E-state index contributed by atoms with van der Waals surface area (Å²) in [5.74, 6) is 2.33. The molecule has 1 fully saturated rings. The number of aromatic amines is 1.